The summed E-state index contributed by atoms with van der Waals surface area (Å²) in [7, 11) is 1.10. The van der Waals surface area contributed by atoms with Gasteiger partial charge in [-0.3, -0.25) is 9.59 Å². The molecule has 190 valence electrons. The van der Waals surface area contributed by atoms with Gasteiger partial charge in [0.05, 0.1) is 22.5 Å². The minimum absolute atomic E-state index is 0.291. The quantitative estimate of drug-likeness (QED) is 0.417. The molecule has 3 rings (SSSR count). The van der Waals surface area contributed by atoms with Crippen LogP contribution in [-0.2, 0) is 23.1 Å². The Morgan fingerprint density at radius 2 is 1.91 bits per heavy atom. The third kappa shape index (κ3) is 6.20. The molecule has 0 saturated carbocycles. The van der Waals surface area contributed by atoms with Crippen molar-refractivity contribution < 1.29 is 18.7 Å². The molecule has 0 spiro atoms. The Morgan fingerprint density at radius 3 is 2.54 bits per heavy atom. The largest absolute Gasteiger partial charge is 0.462 e. The maximum absolute atomic E-state index is 14.6. The number of esters is 1. The summed E-state index contributed by atoms with van der Waals surface area (Å²) in [4.78, 5) is 62.8. The van der Waals surface area contributed by atoms with Crippen molar-refractivity contribution in [1.82, 2.24) is 23.5 Å². The molecule has 1 saturated heterocycles. The Balaban J connectivity index is 2.02. The maximum atomic E-state index is 14.6. The first-order valence-electron chi connectivity index (χ1n) is 10.6. The van der Waals surface area contributed by atoms with Crippen molar-refractivity contribution in [2.24, 2.45) is 7.05 Å². The summed E-state index contributed by atoms with van der Waals surface area (Å²) in [6.07, 6.45) is 1.36. The zero-order chi connectivity index (χ0) is 25.9. The number of aromatic nitrogens is 3. The lowest BCUT2D eigenvalue weighted by molar-refractivity contribution is -0.148. The van der Waals surface area contributed by atoms with E-state index in [9.17, 15) is 28.4 Å². The lowest BCUT2D eigenvalue weighted by atomic mass is 10.2. The van der Waals surface area contributed by atoms with Crippen LogP contribution < -0.4 is 27.8 Å². The zero-order valence-electron chi connectivity index (χ0n) is 19.2. The third-order valence-corrected chi connectivity index (χ3v) is 5.96. The highest BCUT2D eigenvalue weighted by Crippen LogP contribution is 2.27. The van der Waals surface area contributed by atoms with Gasteiger partial charge in [-0.05, 0) is 38.8 Å². The molecule has 0 bridgehead atoms. The molecule has 1 aliphatic heterocycles. The Kier molecular flexibility index (Phi) is 8.53. The predicted molar refractivity (Wildman–Crippen MR) is 128 cm³/mol. The van der Waals surface area contributed by atoms with E-state index in [1.54, 1.807) is 18.3 Å². The second-order valence-electron chi connectivity index (χ2n) is 7.87. The van der Waals surface area contributed by atoms with Crippen molar-refractivity contribution in [3.8, 4) is 5.69 Å². The highest BCUT2D eigenvalue weighted by Gasteiger charge is 2.22. The average Bonchev–Trinajstić information content (AvgIpc) is 2.78. The van der Waals surface area contributed by atoms with Crippen molar-refractivity contribution in [3.63, 3.8) is 0 Å². The van der Waals surface area contributed by atoms with Gasteiger partial charge in [-0.25, -0.2) is 37.9 Å². The first kappa shape index (κ1) is 26.7. The molecule has 15 heteroatoms. The summed E-state index contributed by atoms with van der Waals surface area (Å²) in [6.45, 7) is 3.73. The van der Waals surface area contributed by atoms with E-state index in [0.29, 0.717) is 26.8 Å². The van der Waals surface area contributed by atoms with Gasteiger partial charge in [0.15, 0.2) is 0 Å². The van der Waals surface area contributed by atoms with Crippen LogP contribution in [0.25, 0.3) is 5.69 Å². The average molecular weight is 531 g/mol. The predicted octanol–water partition coefficient (Wildman–Crippen LogP) is 1.22. The molecular weight excluding hydrogens is 507 g/mol. The summed E-state index contributed by atoms with van der Waals surface area (Å²) < 4.78 is 22.8. The fraction of sp³-hybridized carbons (Fsp3) is 0.450. The Morgan fingerprint density at radius 1 is 1.20 bits per heavy atom. The van der Waals surface area contributed by atoms with Crippen LogP contribution in [0.1, 0.15) is 26.7 Å². The molecule has 1 fully saturated rings. The number of carbonyl (C=O) groups is 2. The van der Waals surface area contributed by atoms with E-state index >= 15 is 0 Å². The van der Waals surface area contributed by atoms with Crippen molar-refractivity contribution in [3.05, 3.63) is 54.4 Å². The number of benzene rings is 1. The molecule has 2 N–H and O–H groups in total. The molecular formula is C20H24ClFN6O6S. The normalized spacial score (nSPS) is 14.2. The molecule has 35 heavy (non-hydrogen) atoms. The molecule has 12 nitrogen and oxygen atoms in total. The van der Waals surface area contributed by atoms with Gasteiger partial charge in [-0.1, -0.05) is 11.6 Å². The fourth-order valence-corrected chi connectivity index (χ4v) is 4.21. The number of anilines is 1. The Labute approximate surface area is 207 Å². The zero-order valence-corrected chi connectivity index (χ0v) is 20.7. The summed E-state index contributed by atoms with van der Waals surface area (Å²) in [6, 6.07) is 1.83. The standard InChI is InChI=1S/C20H24ClFN6O6S/c1-11(2)34-16(29)10-26-18(31)25(3)19(32)28(20(26)33)15-9-14(13(22)8-12(15)21)24-17(30)35-27-7-5-4-6-23-27/h8-9,11,23H,4-7,10H2,1-3H3,(H,24,30). The van der Waals surface area contributed by atoms with Crippen molar-refractivity contribution >= 4 is 40.4 Å². The number of hydrogen-bond donors (Lipinski definition) is 2. The molecule has 1 aliphatic rings. The number of nitrogens with one attached hydrogen (secondary N) is 2. The van der Waals surface area contributed by atoms with Gasteiger partial charge in [0.1, 0.15) is 12.4 Å². The van der Waals surface area contributed by atoms with E-state index < -0.39 is 46.7 Å². The molecule has 1 aromatic carbocycles. The van der Waals surface area contributed by atoms with Crippen molar-refractivity contribution in [1.29, 1.82) is 0 Å². The van der Waals surface area contributed by atoms with Crippen LogP contribution in [0, 0.1) is 5.82 Å². The van der Waals surface area contributed by atoms with Gasteiger partial charge >= 0.3 is 23.0 Å². The number of amides is 1. The molecule has 2 heterocycles. The summed E-state index contributed by atoms with van der Waals surface area (Å²) in [5.41, 5.74) is -0.924. The Bertz CT molecular complexity index is 1320. The fourth-order valence-electron chi connectivity index (χ4n) is 3.25. The number of rotatable bonds is 6. The van der Waals surface area contributed by atoms with Crippen LogP contribution in [-0.4, -0.2) is 48.5 Å². The summed E-state index contributed by atoms with van der Waals surface area (Å²) in [5, 5.41) is 1.42. The molecule has 0 aliphatic carbocycles. The van der Waals surface area contributed by atoms with E-state index in [0.717, 1.165) is 44.0 Å². The summed E-state index contributed by atoms with van der Waals surface area (Å²) in [5.74, 6) is -1.77. The molecule has 0 atom stereocenters. The van der Waals surface area contributed by atoms with Crippen LogP contribution in [0.3, 0.4) is 0 Å². The van der Waals surface area contributed by atoms with Crippen LogP contribution in [0.15, 0.2) is 26.5 Å². The van der Waals surface area contributed by atoms with E-state index in [1.807, 2.05) is 0 Å². The van der Waals surface area contributed by atoms with Gasteiger partial charge in [-0.15, -0.1) is 0 Å². The van der Waals surface area contributed by atoms with Gasteiger partial charge in [-0.2, -0.15) is 4.41 Å². The lowest BCUT2D eigenvalue weighted by Gasteiger charge is -2.25. The second-order valence-corrected chi connectivity index (χ2v) is 9.27. The smallest absolute Gasteiger partial charge is 0.341 e. The monoisotopic (exact) mass is 530 g/mol. The summed E-state index contributed by atoms with van der Waals surface area (Å²) >= 11 is 6.92. The van der Waals surface area contributed by atoms with E-state index in [-0.39, 0.29) is 16.4 Å². The number of ether oxygens (including phenoxy) is 1. The van der Waals surface area contributed by atoms with Gasteiger partial charge in [0, 0.05) is 32.1 Å². The SMILES string of the molecule is CC(C)OC(=O)Cn1c(=O)n(C)c(=O)n(-c2cc(NC(=O)SN3CCCCN3)c(F)cc2Cl)c1=O. The Hall–Kier alpha value is -2.94. The third-order valence-electron chi connectivity index (χ3n) is 4.86. The molecule has 1 aromatic heterocycles. The van der Waals surface area contributed by atoms with E-state index in [2.05, 4.69) is 10.7 Å². The first-order valence-corrected chi connectivity index (χ1v) is 11.8. The van der Waals surface area contributed by atoms with Crippen LogP contribution >= 0.6 is 23.5 Å². The van der Waals surface area contributed by atoms with Gasteiger partial charge in [0.2, 0.25) is 0 Å². The van der Waals surface area contributed by atoms with Crippen LogP contribution in [0.5, 0.6) is 0 Å². The van der Waals surface area contributed by atoms with E-state index in [1.165, 1.54) is 0 Å². The van der Waals surface area contributed by atoms with Crippen LogP contribution in [0.2, 0.25) is 5.02 Å². The highest BCUT2D eigenvalue weighted by atomic mass is 35.5. The number of nitrogens with zero attached hydrogens (tertiary/aromatic N) is 4. The first-order chi connectivity index (χ1) is 16.5. The number of halogens is 2. The van der Waals surface area contributed by atoms with Crippen molar-refractivity contribution in [2.45, 2.75) is 39.3 Å². The minimum Gasteiger partial charge on any atom is -0.462 e. The minimum atomic E-state index is -1.18. The topological polar surface area (TPSA) is 137 Å². The molecule has 0 radical (unpaired) electrons. The van der Waals surface area contributed by atoms with Crippen molar-refractivity contribution in [2.75, 3.05) is 18.4 Å². The van der Waals surface area contributed by atoms with Gasteiger partial charge in [0.25, 0.3) is 5.24 Å². The molecule has 0 unspecified atom stereocenters. The number of hydrogen-bond acceptors (Lipinski definition) is 9. The van der Waals surface area contributed by atoms with Gasteiger partial charge < -0.3 is 10.1 Å². The van der Waals surface area contributed by atoms with Crippen LogP contribution in [0.4, 0.5) is 14.9 Å². The molecule has 1 amide bonds. The lowest BCUT2D eigenvalue weighted by Crippen LogP contribution is -2.54. The van der Waals surface area contributed by atoms with E-state index in [4.69, 9.17) is 16.3 Å². The second kappa shape index (κ2) is 11.2. The molecule has 2 aromatic rings. The number of carbonyl (C=O) groups excluding carboxylic acids is 2. The maximum Gasteiger partial charge on any atom is 0.341 e. The highest BCUT2D eigenvalue weighted by molar-refractivity contribution is 8.11. The number of hydrazine groups is 1.